The van der Waals surface area contributed by atoms with Gasteiger partial charge in [0.1, 0.15) is 5.82 Å². The van der Waals surface area contributed by atoms with E-state index < -0.39 is 0 Å². The van der Waals surface area contributed by atoms with Crippen LogP contribution in [0, 0.1) is 13.8 Å². The number of carbonyl (C=O) groups is 1. The zero-order valence-corrected chi connectivity index (χ0v) is 18.9. The second kappa shape index (κ2) is 9.35. The Hall–Kier alpha value is -3.46. The second-order valence-corrected chi connectivity index (χ2v) is 8.24. The first kappa shape index (κ1) is 21.8. The number of aromatic nitrogens is 4. The molecule has 0 spiro atoms. The molecule has 4 heterocycles. The van der Waals surface area contributed by atoms with Crippen molar-refractivity contribution in [3.05, 3.63) is 59.7 Å². The minimum absolute atomic E-state index is 0.167. The van der Waals surface area contributed by atoms with Crippen LogP contribution in [0.15, 0.2) is 42.7 Å². The maximum Gasteiger partial charge on any atom is 0.319 e. The van der Waals surface area contributed by atoms with Crippen LogP contribution in [0.5, 0.6) is 0 Å². The van der Waals surface area contributed by atoms with E-state index in [1.807, 2.05) is 44.2 Å². The van der Waals surface area contributed by atoms with Crippen LogP contribution < -0.4 is 15.5 Å². The summed E-state index contributed by atoms with van der Waals surface area (Å²) in [5.74, 6) is 1.63. The van der Waals surface area contributed by atoms with E-state index in [-0.39, 0.29) is 18.2 Å². The van der Waals surface area contributed by atoms with Crippen LogP contribution in [0.25, 0.3) is 5.82 Å². The number of anilines is 2. The molecule has 0 aliphatic carbocycles. The van der Waals surface area contributed by atoms with Crippen LogP contribution in [-0.2, 0) is 11.3 Å². The lowest BCUT2D eigenvalue weighted by Gasteiger charge is -2.36. The number of nitrogens with zero attached hydrogens (tertiary/aromatic N) is 5. The molecule has 168 valence electrons. The molecule has 4 rings (SSSR count). The Kier molecular flexibility index (Phi) is 6.36. The molecule has 2 amide bonds. The third-order valence-corrected chi connectivity index (χ3v) is 5.24. The number of pyridine rings is 2. The number of carbonyl (C=O) groups excluding carboxylic acids is 1. The van der Waals surface area contributed by atoms with Gasteiger partial charge in [-0.3, -0.25) is 0 Å². The third kappa shape index (κ3) is 5.23. The summed E-state index contributed by atoms with van der Waals surface area (Å²) in [6.45, 7) is 10.0. The van der Waals surface area contributed by atoms with E-state index >= 15 is 0 Å². The van der Waals surface area contributed by atoms with Gasteiger partial charge in [-0.05, 0) is 57.5 Å². The van der Waals surface area contributed by atoms with Crippen LogP contribution in [0.3, 0.4) is 0 Å². The van der Waals surface area contributed by atoms with Crippen molar-refractivity contribution in [2.75, 3.05) is 23.3 Å². The van der Waals surface area contributed by atoms with Gasteiger partial charge in [0.15, 0.2) is 5.82 Å². The number of amides is 2. The van der Waals surface area contributed by atoms with Crippen molar-refractivity contribution in [2.45, 2.75) is 46.4 Å². The average molecular weight is 436 g/mol. The zero-order chi connectivity index (χ0) is 22.7. The highest BCUT2D eigenvalue weighted by molar-refractivity contribution is 5.89. The van der Waals surface area contributed by atoms with E-state index in [1.165, 1.54) is 0 Å². The van der Waals surface area contributed by atoms with Gasteiger partial charge in [-0.1, -0.05) is 6.07 Å². The summed E-state index contributed by atoms with van der Waals surface area (Å²) in [7, 11) is 0. The molecular weight excluding hydrogens is 406 g/mol. The summed E-state index contributed by atoms with van der Waals surface area (Å²) in [6, 6.07) is 9.31. The molecule has 2 atom stereocenters. The van der Waals surface area contributed by atoms with Gasteiger partial charge in [0.05, 0.1) is 29.8 Å². The van der Waals surface area contributed by atoms with Crippen molar-refractivity contribution >= 4 is 17.5 Å². The molecule has 3 aromatic heterocycles. The molecular formula is C23H29N7O2. The Morgan fingerprint density at radius 3 is 2.38 bits per heavy atom. The van der Waals surface area contributed by atoms with Crippen molar-refractivity contribution in [1.29, 1.82) is 0 Å². The smallest absolute Gasteiger partial charge is 0.319 e. The van der Waals surface area contributed by atoms with Crippen LogP contribution in [0.2, 0.25) is 0 Å². The molecule has 1 aliphatic heterocycles. The van der Waals surface area contributed by atoms with Gasteiger partial charge in [-0.2, -0.15) is 5.10 Å². The van der Waals surface area contributed by atoms with E-state index in [0.717, 1.165) is 41.7 Å². The molecule has 1 fully saturated rings. The third-order valence-electron chi connectivity index (χ3n) is 5.24. The Bertz CT molecular complexity index is 1050. The zero-order valence-electron chi connectivity index (χ0n) is 18.9. The lowest BCUT2D eigenvalue weighted by atomic mass is 10.2. The fourth-order valence-electron chi connectivity index (χ4n) is 3.88. The van der Waals surface area contributed by atoms with Gasteiger partial charge in [-0.25, -0.2) is 19.4 Å². The monoisotopic (exact) mass is 435 g/mol. The first-order chi connectivity index (χ1) is 15.4. The van der Waals surface area contributed by atoms with Crippen LogP contribution >= 0.6 is 0 Å². The fourth-order valence-corrected chi connectivity index (χ4v) is 3.88. The second-order valence-electron chi connectivity index (χ2n) is 8.24. The van der Waals surface area contributed by atoms with E-state index in [2.05, 4.69) is 44.4 Å². The molecule has 2 unspecified atom stereocenters. The van der Waals surface area contributed by atoms with Gasteiger partial charge in [0.2, 0.25) is 0 Å². The summed E-state index contributed by atoms with van der Waals surface area (Å²) in [5, 5.41) is 10.1. The lowest BCUT2D eigenvalue weighted by Crippen LogP contribution is -2.45. The van der Waals surface area contributed by atoms with Gasteiger partial charge < -0.3 is 20.3 Å². The summed E-state index contributed by atoms with van der Waals surface area (Å²) in [5.41, 5.74) is 3.51. The molecule has 0 saturated carbocycles. The quantitative estimate of drug-likeness (QED) is 0.639. The van der Waals surface area contributed by atoms with E-state index in [1.54, 1.807) is 17.1 Å². The summed E-state index contributed by atoms with van der Waals surface area (Å²) >= 11 is 0. The van der Waals surface area contributed by atoms with Gasteiger partial charge in [0.25, 0.3) is 0 Å². The van der Waals surface area contributed by atoms with Crippen molar-refractivity contribution in [3.8, 4) is 5.82 Å². The van der Waals surface area contributed by atoms with Crippen LogP contribution in [-0.4, -0.2) is 51.1 Å². The van der Waals surface area contributed by atoms with Gasteiger partial charge in [-0.15, -0.1) is 0 Å². The molecule has 32 heavy (non-hydrogen) atoms. The normalized spacial score (nSPS) is 18.4. The van der Waals surface area contributed by atoms with Crippen LogP contribution in [0.1, 0.15) is 30.8 Å². The highest BCUT2D eigenvalue weighted by Crippen LogP contribution is 2.19. The standard InChI is InChI=1S/C23H29N7O2/c1-15-9-16(2)30(28-15)22-7-5-19(10-24-22)11-26-23(31)27-20-6-8-21(25-12-20)29-13-17(3)32-18(4)14-29/h5-10,12,17-18H,11,13-14H2,1-4H3,(H2,26,27,31). The average Bonchev–Trinajstić information content (AvgIpc) is 3.10. The SMILES string of the molecule is Cc1cc(C)n(-c2ccc(CNC(=O)Nc3ccc(N4CC(C)OC(C)C4)nc3)cn2)n1. The Balaban J connectivity index is 1.29. The van der Waals surface area contributed by atoms with Crippen LogP contribution in [0.4, 0.5) is 16.3 Å². The van der Waals surface area contributed by atoms with E-state index in [9.17, 15) is 4.79 Å². The topological polar surface area (TPSA) is 97.2 Å². The predicted octanol–water partition coefficient (Wildman–Crippen LogP) is 3.21. The van der Waals surface area contributed by atoms with E-state index in [4.69, 9.17) is 4.74 Å². The van der Waals surface area contributed by atoms with Crippen molar-refractivity contribution in [2.24, 2.45) is 0 Å². The van der Waals surface area contributed by atoms with Crippen molar-refractivity contribution in [3.63, 3.8) is 0 Å². The first-order valence-electron chi connectivity index (χ1n) is 10.8. The Labute approximate surface area is 187 Å². The molecule has 0 radical (unpaired) electrons. The summed E-state index contributed by atoms with van der Waals surface area (Å²) in [6.07, 6.45) is 3.75. The maximum atomic E-state index is 12.3. The van der Waals surface area contributed by atoms with E-state index in [0.29, 0.717) is 12.2 Å². The number of morpholine rings is 1. The molecule has 0 aromatic carbocycles. The predicted molar refractivity (Wildman–Crippen MR) is 123 cm³/mol. The number of urea groups is 1. The number of hydrogen-bond donors (Lipinski definition) is 2. The molecule has 0 bridgehead atoms. The lowest BCUT2D eigenvalue weighted by molar-refractivity contribution is -0.00545. The molecule has 9 nitrogen and oxygen atoms in total. The summed E-state index contributed by atoms with van der Waals surface area (Å²) < 4.78 is 7.57. The minimum Gasteiger partial charge on any atom is -0.372 e. The minimum atomic E-state index is -0.296. The molecule has 9 heteroatoms. The fraction of sp³-hybridized carbons (Fsp3) is 0.391. The molecule has 2 N–H and O–H groups in total. The highest BCUT2D eigenvalue weighted by Gasteiger charge is 2.23. The Morgan fingerprint density at radius 1 is 1.06 bits per heavy atom. The van der Waals surface area contributed by atoms with Gasteiger partial charge in [0, 0.05) is 31.5 Å². The Morgan fingerprint density at radius 2 is 1.78 bits per heavy atom. The largest absolute Gasteiger partial charge is 0.372 e. The molecule has 1 saturated heterocycles. The summed E-state index contributed by atoms with van der Waals surface area (Å²) in [4.78, 5) is 23.4. The first-order valence-corrected chi connectivity index (χ1v) is 10.8. The number of nitrogens with one attached hydrogen (secondary N) is 2. The number of aryl methyl sites for hydroxylation is 2. The van der Waals surface area contributed by atoms with Crippen molar-refractivity contribution < 1.29 is 9.53 Å². The molecule has 3 aromatic rings. The van der Waals surface area contributed by atoms with Gasteiger partial charge >= 0.3 is 6.03 Å². The highest BCUT2D eigenvalue weighted by atomic mass is 16.5. The van der Waals surface area contributed by atoms with Crippen molar-refractivity contribution in [1.82, 2.24) is 25.1 Å². The number of hydrogen-bond acceptors (Lipinski definition) is 6. The maximum absolute atomic E-state index is 12.3. The number of ether oxygens (including phenoxy) is 1. The number of rotatable bonds is 5. The molecule has 1 aliphatic rings.